The number of carbonyl (C=O) groups is 1. The Balaban J connectivity index is 2.46. The van der Waals surface area contributed by atoms with E-state index >= 15 is 0 Å². The molecule has 0 saturated heterocycles. The van der Waals surface area contributed by atoms with Crippen LogP contribution in [0.2, 0.25) is 0 Å². The van der Waals surface area contributed by atoms with Crippen molar-refractivity contribution in [3.05, 3.63) is 48.0 Å². The maximum absolute atomic E-state index is 13.4. The Morgan fingerprint density at radius 2 is 1.95 bits per heavy atom. The van der Waals surface area contributed by atoms with Gasteiger partial charge in [0.1, 0.15) is 5.75 Å². The Morgan fingerprint density at radius 3 is 2.59 bits per heavy atom. The van der Waals surface area contributed by atoms with E-state index < -0.39 is 30.4 Å². The zero-order valence-corrected chi connectivity index (χ0v) is 10.9. The van der Waals surface area contributed by atoms with E-state index in [-0.39, 0.29) is 16.7 Å². The Bertz CT molecular complexity index is 701. The summed E-state index contributed by atoms with van der Waals surface area (Å²) in [4.78, 5) is 14.0. The van der Waals surface area contributed by atoms with Gasteiger partial charge >= 0.3 is 12.3 Å². The number of hydrogen-bond donors (Lipinski definition) is 1. The van der Waals surface area contributed by atoms with Crippen LogP contribution in [0.15, 0.2) is 36.5 Å². The topological polar surface area (TPSA) is 59.4 Å². The van der Waals surface area contributed by atoms with E-state index in [9.17, 15) is 22.4 Å². The van der Waals surface area contributed by atoms with Crippen LogP contribution in [0.1, 0.15) is 5.56 Å². The summed E-state index contributed by atoms with van der Waals surface area (Å²) in [5, 5.41) is 8.69. The molecule has 0 bridgehead atoms. The van der Waals surface area contributed by atoms with Crippen LogP contribution in [0.3, 0.4) is 0 Å². The first-order valence-electron chi connectivity index (χ1n) is 5.97. The quantitative estimate of drug-likeness (QED) is 0.694. The molecule has 1 N–H and O–H groups in total. The molecule has 0 aliphatic heterocycles. The molecule has 8 heteroatoms. The summed E-state index contributed by atoms with van der Waals surface area (Å²) in [6.45, 7) is 0. The van der Waals surface area contributed by atoms with E-state index in [1.54, 1.807) is 0 Å². The Labute approximate surface area is 122 Å². The molecule has 0 fully saturated rings. The number of pyridine rings is 1. The third-order valence-corrected chi connectivity index (χ3v) is 2.68. The number of rotatable bonds is 4. The fourth-order valence-electron chi connectivity index (χ4n) is 1.85. The SMILES string of the molecule is O=C(O)Cc1cc(-c2ccccc2OC(F)(F)F)cnc1F. The van der Waals surface area contributed by atoms with Crippen LogP contribution in [0.4, 0.5) is 17.6 Å². The van der Waals surface area contributed by atoms with E-state index in [1.165, 1.54) is 18.2 Å². The Hall–Kier alpha value is -2.64. The predicted molar refractivity (Wildman–Crippen MR) is 67.7 cm³/mol. The maximum Gasteiger partial charge on any atom is 0.573 e. The highest BCUT2D eigenvalue weighted by atomic mass is 19.4. The number of hydrogen-bond acceptors (Lipinski definition) is 3. The van der Waals surface area contributed by atoms with Crippen molar-refractivity contribution in [1.29, 1.82) is 0 Å². The zero-order chi connectivity index (χ0) is 16.3. The fourth-order valence-corrected chi connectivity index (χ4v) is 1.85. The molecule has 0 saturated carbocycles. The molecular formula is C14H9F4NO3. The molecule has 0 spiro atoms. The summed E-state index contributed by atoms with van der Waals surface area (Å²) in [7, 11) is 0. The number of alkyl halides is 3. The highest BCUT2D eigenvalue weighted by molar-refractivity contribution is 5.73. The van der Waals surface area contributed by atoms with E-state index in [0.29, 0.717) is 0 Å². The minimum absolute atomic E-state index is 0.0268. The van der Waals surface area contributed by atoms with Crippen molar-refractivity contribution in [1.82, 2.24) is 4.98 Å². The van der Waals surface area contributed by atoms with Gasteiger partial charge in [-0.05, 0) is 12.1 Å². The average molecular weight is 315 g/mol. The second-order valence-electron chi connectivity index (χ2n) is 4.29. The Kier molecular flexibility index (Phi) is 4.30. The number of para-hydroxylation sites is 1. The van der Waals surface area contributed by atoms with Crippen LogP contribution in [-0.2, 0) is 11.2 Å². The van der Waals surface area contributed by atoms with Gasteiger partial charge in [-0.15, -0.1) is 13.2 Å². The normalized spacial score (nSPS) is 11.3. The number of benzene rings is 1. The van der Waals surface area contributed by atoms with Gasteiger partial charge in [-0.1, -0.05) is 18.2 Å². The van der Waals surface area contributed by atoms with Crippen molar-refractivity contribution < 1.29 is 32.2 Å². The number of ether oxygens (including phenoxy) is 1. The van der Waals surface area contributed by atoms with Gasteiger partial charge in [-0.2, -0.15) is 4.39 Å². The van der Waals surface area contributed by atoms with Crippen molar-refractivity contribution in [2.45, 2.75) is 12.8 Å². The molecule has 4 nitrogen and oxygen atoms in total. The van der Waals surface area contributed by atoms with Crippen LogP contribution in [-0.4, -0.2) is 22.4 Å². The van der Waals surface area contributed by atoms with E-state index in [1.807, 2.05) is 0 Å². The molecule has 0 atom stereocenters. The zero-order valence-electron chi connectivity index (χ0n) is 10.9. The van der Waals surface area contributed by atoms with Crippen molar-refractivity contribution in [2.24, 2.45) is 0 Å². The minimum atomic E-state index is -4.88. The predicted octanol–water partition coefficient (Wildman–Crippen LogP) is 3.41. The number of aromatic nitrogens is 1. The molecule has 0 aliphatic rings. The lowest BCUT2D eigenvalue weighted by Gasteiger charge is -2.13. The molecule has 0 radical (unpaired) electrons. The summed E-state index contributed by atoms with van der Waals surface area (Å²) in [6, 6.07) is 6.39. The lowest BCUT2D eigenvalue weighted by molar-refractivity contribution is -0.274. The number of halogens is 4. The van der Waals surface area contributed by atoms with Crippen molar-refractivity contribution >= 4 is 5.97 Å². The molecule has 0 aliphatic carbocycles. The molecule has 116 valence electrons. The van der Waals surface area contributed by atoms with Crippen LogP contribution in [0, 0.1) is 5.95 Å². The van der Waals surface area contributed by atoms with Crippen molar-refractivity contribution in [3.8, 4) is 16.9 Å². The first-order valence-corrected chi connectivity index (χ1v) is 5.97. The van der Waals surface area contributed by atoms with Crippen LogP contribution in [0.25, 0.3) is 11.1 Å². The molecule has 2 rings (SSSR count). The average Bonchev–Trinajstić information content (AvgIpc) is 2.40. The van der Waals surface area contributed by atoms with Gasteiger partial charge in [-0.25, -0.2) is 4.98 Å². The van der Waals surface area contributed by atoms with Crippen molar-refractivity contribution in [3.63, 3.8) is 0 Å². The van der Waals surface area contributed by atoms with E-state index in [4.69, 9.17) is 5.11 Å². The second kappa shape index (κ2) is 6.00. The number of nitrogens with zero attached hydrogens (tertiary/aromatic N) is 1. The van der Waals surface area contributed by atoms with E-state index in [0.717, 1.165) is 18.3 Å². The molecule has 22 heavy (non-hydrogen) atoms. The molecule has 1 aromatic carbocycles. The highest BCUT2D eigenvalue weighted by Crippen LogP contribution is 2.33. The minimum Gasteiger partial charge on any atom is -0.481 e. The summed E-state index contributed by atoms with van der Waals surface area (Å²) < 4.78 is 54.5. The van der Waals surface area contributed by atoms with Gasteiger partial charge in [-0.3, -0.25) is 4.79 Å². The molecular weight excluding hydrogens is 306 g/mol. The summed E-state index contributed by atoms with van der Waals surface area (Å²) >= 11 is 0. The Morgan fingerprint density at radius 1 is 1.27 bits per heavy atom. The largest absolute Gasteiger partial charge is 0.573 e. The lowest BCUT2D eigenvalue weighted by atomic mass is 10.0. The molecule has 1 aromatic heterocycles. The molecule has 1 heterocycles. The van der Waals surface area contributed by atoms with Crippen molar-refractivity contribution in [2.75, 3.05) is 0 Å². The highest BCUT2D eigenvalue weighted by Gasteiger charge is 2.32. The standard InChI is InChI=1S/C14H9F4NO3/c15-13-8(6-12(20)21)5-9(7-19-13)10-3-1-2-4-11(10)22-14(16,17)18/h1-5,7H,6H2,(H,20,21). The van der Waals surface area contributed by atoms with Gasteiger partial charge in [0.15, 0.2) is 0 Å². The summed E-state index contributed by atoms with van der Waals surface area (Å²) in [5.74, 6) is -2.75. The number of carboxylic acid groups (broad SMARTS) is 1. The summed E-state index contributed by atoms with van der Waals surface area (Å²) in [6.07, 6.45) is -4.50. The van der Waals surface area contributed by atoms with E-state index in [2.05, 4.69) is 9.72 Å². The lowest BCUT2D eigenvalue weighted by Crippen LogP contribution is -2.17. The monoisotopic (exact) mass is 315 g/mol. The maximum atomic E-state index is 13.4. The van der Waals surface area contributed by atoms with Gasteiger partial charge < -0.3 is 9.84 Å². The van der Waals surface area contributed by atoms with Gasteiger partial charge in [0, 0.05) is 22.9 Å². The third-order valence-electron chi connectivity index (χ3n) is 2.68. The molecule has 2 aromatic rings. The number of aliphatic carboxylic acids is 1. The third kappa shape index (κ3) is 3.94. The summed E-state index contributed by atoms with van der Waals surface area (Å²) in [5.41, 5.74) is -0.0803. The second-order valence-corrected chi connectivity index (χ2v) is 4.29. The molecule has 0 amide bonds. The van der Waals surface area contributed by atoms with Gasteiger partial charge in [0.05, 0.1) is 6.42 Å². The van der Waals surface area contributed by atoms with Crippen LogP contribution >= 0.6 is 0 Å². The van der Waals surface area contributed by atoms with Gasteiger partial charge in [0.2, 0.25) is 5.95 Å². The number of carboxylic acids is 1. The van der Waals surface area contributed by atoms with Gasteiger partial charge in [0.25, 0.3) is 0 Å². The van der Waals surface area contributed by atoms with Crippen LogP contribution < -0.4 is 4.74 Å². The first-order chi connectivity index (χ1) is 10.3. The smallest absolute Gasteiger partial charge is 0.481 e. The first kappa shape index (κ1) is 15.7. The molecule has 0 unspecified atom stereocenters. The fraction of sp³-hybridized carbons (Fsp3) is 0.143. The van der Waals surface area contributed by atoms with Crippen LogP contribution in [0.5, 0.6) is 5.75 Å².